The second-order valence-corrected chi connectivity index (χ2v) is 11.8. The highest BCUT2D eigenvalue weighted by Crippen LogP contribution is 2.65. The molecule has 0 aromatic heterocycles. The van der Waals surface area contributed by atoms with E-state index in [0.29, 0.717) is 15.5 Å². The Balaban J connectivity index is 1.33. The molecule has 1 aromatic rings. The van der Waals surface area contributed by atoms with Crippen LogP contribution in [0.4, 0.5) is 5.69 Å². The van der Waals surface area contributed by atoms with Crippen molar-refractivity contribution in [1.29, 1.82) is 0 Å². The SMILES string of the molecule is CCc1cccc(C)c1NC(=O)CSCC12C[C@H]3C[C@@H](CC(Br)(C3)C1)C2. The summed E-state index contributed by atoms with van der Waals surface area (Å²) in [7, 11) is 0. The molecule has 4 aliphatic carbocycles. The van der Waals surface area contributed by atoms with Crippen LogP contribution in [-0.2, 0) is 11.2 Å². The molecule has 4 saturated carbocycles. The number of rotatable bonds is 6. The summed E-state index contributed by atoms with van der Waals surface area (Å²) in [5, 5.41) is 3.18. The molecule has 0 radical (unpaired) electrons. The lowest BCUT2D eigenvalue weighted by atomic mass is 9.50. The van der Waals surface area contributed by atoms with E-state index in [1.165, 1.54) is 44.1 Å². The Bertz CT molecular complexity index is 689. The van der Waals surface area contributed by atoms with Gasteiger partial charge in [-0.25, -0.2) is 0 Å². The van der Waals surface area contributed by atoms with Crippen molar-refractivity contribution < 1.29 is 4.79 Å². The minimum atomic E-state index is 0.150. The number of hydrogen-bond acceptors (Lipinski definition) is 2. The van der Waals surface area contributed by atoms with Crippen LogP contribution in [-0.4, -0.2) is 21.7 Å². The Morgan fingerprint density at radius 3 is 2.65 bits per heavy atom. The topological polar surface area (TPSA) is 29.1 Å². The number of amides is 1. The number of halogens is 1. The summed E-state index contributed by atoms with van der Waals surface area (Å²) in [4.78, 5) is 12.5. The van der Waals surface area contributed by atoms with Gasteiger partial charge in [-0.2, -0.15) is 11.8 Å². The lowest BCUT2D eigenvalue weighted by molar-refractivity contribution is -0.113. The number of thioether (sulfide) groups is 1. The molecule has 4 bridgehead atoms. The van der Waals surface area contributed by atoms with Gasteiger partial charge in [0.25, 0.3) is 0 Å². The predicted molar refractivity (Wildman–Crippen MR) is 115 cm³/mol. The van der Waals surface area contributed by atoms with Crippen LogP contribution in [0.3, 0.4) is 0 Å². The lowest BCUT2D eigenvalue weighted by Crippen LogP contribution is -2.53. The first kappa shape index (κ1) is 18.9. The van der Waals surface area contributed by atoms with Gasteiger partial charge in [-0.3, -0.25) is 4.79 Å². The summed E-state index contributed by atoms with van der Waals surface area (Å²) in [6.07, 6.45) is 9.26. The highest BCUT2D eigenvalue weighted by Gasteiger charge is 2.56. The molecule has 5 rings (SSSR count). The molecule has 2 atom stereocenters. The van der Waals surface area contributed by atoms with E-state index in [9.17, 15) is 4.79 Å². The van der Waals surface area contributed by atoms with Gasteiger partial charge in [-0.05, 0) is 86.0 Å². The van der Waals surface area contributed by atoms with Gasteiger partial charge in [0.05, 0.1) is 5.75 Å². The van der Waals surface area contributed by atoms with Gasteiger partial charge >= 0.3 is 0 Å². The quantitative estimate of drug-likeness (QED) is 0.558. The van der Waals surface area contributed by atoms with Crippen LogP contribution in [0, 0.1) is 24.2 Å². The van der Waals surface area contributed by atoms with Crippen LogP contribution < -0.4 is 5.32 Å². The maximum absolute atomic E-state index is 12.5. The summed E-state index contributed by atoms with van der Waals surface area (Å²) in [6.45, 7) is 4.22. The maximum Gasteiger partial charge on any atom is 0.234 e. The van der Waals surface area contributed by atoms with Gasteiger partial charge in [0.1, 0.15) is 0 Å². The molecule has 0 aliphatic heterocycles. The smallest absolute Gasteiger partial charge is 0.234 e. The van der Waals surface area contributed by atoms with Crippen LogP contribution in [0.5, 0.6) is 0 Å². The van der Waals surface area contributed by atoms with E-state index < -0.39 is 0 Å². The van der Waals surface area contributed by atoms with Crippen LogP contribution in [0.15, 0.2) is 18.2 Å². The lowest BCUT2D eigenvalue weighted by Gasteiger charge is -2.60. The summed E-state index contributed by atoms with van der Waals surface area (Å²) in [5.74, 6) is 3.71. The predicted octanol–water partition coefficient (Wildman–Crippen LogP) is 5.96. The van der Waals surface area contributed by atoms with Crippen LogP contribution in [0.2, 0.25) is 0 Å². The minimum absolute atomic E-state index is 0.150. The monoisotopic (exact) mass is 435 g/mol. The van der Waals surface area contributed by atoms with E-state index in [2.05, 4.69) is 53.3 Å². The number of carbonyl (C=O) groups excluding carboxylic acids is 1. The molecule has 142 valence electrons. The standard InChI is InChI=1S/C22H30BrNOS/c1-3-18-6-4-5-15(2)20(18)24-19(25)12-26-14-21-8-16-7-17(9-21)11-22(23,10-16)13-21/h4-6,16-17H,3,7-14H2,1-2H3,(H,24,25)/t16-,17-,21?,22?/m1/s1. The molecular formula is C22H30BrNOS. The fraction of sp³-hybridized carbons (Fsp3) is 0.682. The summed E-state index contributed by atoms with van der Waals surface area (Å²) in [6, 6.07) is 6.26. The molecule has 0 heterocycles. The molecule has 26 heavy (non-hydrogen) atoms. The van der Waals surface area contributed by atoms with Crippen LogP contribution >= 0.6 is 27.7 Å². The number of anilines is 1. The third-order valence-corrected chi connectivity index (χ3v) is 8.97. The first-order valence-corrected chi connectivity index (χ1v) is 12.0. The Morgan fingerprint density at radius 2 is 2.00 bits per heavy atom. The number of para-hydroxylation sites is 1. The van der Waals surface area contributed by atoms with Crippen molar-refractivity contribution in [2.24, 2.45) is 17.3 Å². The molecule has 0 unspecified atom stereocenters. The van der Waals surface area contributed by atoms with Crippen molar-refractivity contribution in [1.82, 2.24) is 0 Å². The second-order valence-electron chi connectivity index (χ2n) is 9.12. The third kappa shape index (κ3) is 3.73. The number of nitrogens with one attached hydrogen (secondary N) is 1. The molecule has 4 heteroatoms. The van der Waals surface area contributed by atoms with Crippen molar-refractivity contribution in [3.63, 3.8) is 0 Å². The van der Waals surface area contributed by atoms with Crippen LogP contribution in [0.25, 0.3) is 0 Å². The number of hydrogen-bond donors (Lipinski definition) is 1. The largest absolute Gasteiger partial charge is 0.325 e. The molecule has 2 nitrogen and oxygen atoms in total. The molecule has 4 fully saturated rings. The summed E-state index contributed by atoms with van der Waals surface area (Å²) >= 11 is 5.95. The van der Waals surface area contributed by atoms with Crippen LogP contribution in [0.1, 0.15) is 56.6 Å². The fourth-order valence-corrected chi connectivity index (χ4v) is 8.88. The first-order valence-electron chi connectivity index (χ1n) is 10.1. The van der Waals surface area contributed by atoms with E-state index in [1.54, 1.807) is 0 Å². The third-order valence-electron chi connectivity index (χ3n) is 6.76. The van der Waals surface area contributed by atoms with Gasteiger partial charge in [0.2, 0.25) is 5.91 Å². The molecule has 0 spiro atoms. The second kappa shape index (κ2) is 7.16. The van der Waals surface area contributed by atoms with E-state index in [-0.39, 0.29) is 5.91 Å². The number of aryl methyl sites for hydroxylation is 2. The first-order chi connectivity index (χ1) is 12.4. The maximum atomic E-state index is 12.5. The van der Waals surface area contributed by atoms with Crippen molar-refractivity contribution in [3.05, 3.63) is 29.3 Å². The Kier molecular flexibility index (Phi) is 5.20. The van der Waals surface area contributed by atoms with Gasteiger partial charge in [-0.1, -0.05) is 41.1 Å². The Hall–Kier alpha value is -0.480. The van der Waals surface area contributed by atoms with E-state index in [1.807, 2.05) is 11.8 Å². The van der Waals surface area contributed by atoms with Crippen molar-refractivity contribution in [3.8, 4) is 0 Å². The molecule has 1 amide bonds. The van der Waals surface area contributed by atoms with E-state index in [4.69, 9.17) is 0 Å². The normalized spacial score (nSPS) is 34.9. The van der Waals surface area contributed by atoms with Gasteiger partial charge < -0.3 is 5.32 Å². The van der Waals surface area contributed by atoms with Gasteiger partial charge in [0.15, 0.2) is 0 Å². The molecule has 1 aromatic carbocycles. The fourth-order valence-electron chi connectivity index (χ4n) is 6.24. The highest BCUT2D eigenvalue weighted by atomic mass is 79.9. The minimum Gasteiger partial charge on any atom is -0.325 e. The van der Waals surface area contributed by atoms with Crippen molar-refractivity contribution in [2.75, 3.05) is 16.8 Å². The number of benzene rings is 1. The average Bonchev–Trinajstić information content (AvgIpc) is 2.54. The Labute approximate surface area is 170 Å². The Morgan fingerprint density at radius 1 is 1.27 bits per heavy atom. The molecular weight excluding hydrogens is 406 g/mol. The van der Waals surface area contributed by atoms with E-state index >= 15 is 0 Å². The highest BCUT2D eigenvalue weighted by molar-refractivity contribution is 9.10. The average molecular weight is 436 g/mol. The molecule has 0 saturated heterocycles. The molecule has 4 aliphatic rings. The van der Waals surface area contributed by atoms with Gasteiger partial charge in [0, 0.05) is 10.0 Å². The zero-order chi connectivity index (χ0) is 18.4. The summed E-state index contributed by atoms with van der Waals surface area (Å²) in [5.41, 5.74) is 3.89. The van der Waals surface area contributed by atoms with Crippen molar-refractivity contribution >= 4 is 39.3 Å². The number of carbonyl (C=O) groups is 1. The zero-order valence-corrected chi connectivity index (χ0v) is 18.3. The zero-order valence-electron chi connectivity index (χ0n) is 15.9. The molecule has 1 N–H and O–H groups in total. The van der Waals surface area contributed by atoms with Crippen molar-refractivity contribution in [2.45, 2.75) is 63.1 Å². The number of alkyl halides is 1. The summed E-state index contributed by atoms with van der Waals surface area (Å²) < 4.78 is 0.414. The van der Waals surface area contributed by atoms with Gasteiger partial charge in [-0.15, -0.1) is 0 Å². The van der Waals surface area contributed by atoms with E-state index in [0.717, 1.165) is 35.3 Å².